The Balaban J connectivity index is 0. The predicted octanol–water partition coefficient (Wildman–Crippen LogP) is -0.574. The van der Waals surface area contributed by atoms with E-state index in [2.05, 4.69) is 10.1 Å². The lowest BCUT2D eigenvalue weighted by atomic mass is 10.2. The van der Waals surface area contributed by atoms with Gasteiger partial charge in [0.05, 0.1) is 6.54 Å². The molecule has 0 atom stereocenters. The van der Waals surface area contributed by atoms with Gasteiger partial charge >= 0.3 is 0 Å². The average Bonchev–Trinajstić information content (AvgIpc) is 2.37. The van der Waals surface area contributed by atoms with Crippen LogP contribution in [0.15, 0.2) is 0 Å². The highest BCUT2D eigenvalue weighted by Gasteiger charge is 2.13. The van der Waals surface area contributed by atoms with Gasteiger partial charge < -0.3 is 25.8 Å². The Morgan fingerprint density at radius 3 is 2.00 bits per heavy atom. The number of nitrogens with zero attached hydrogens (tertiary/aromatic N) is 1. The van der Waals surface area contributed by atoms with Crippen LogP contribution in [-0.2, 0) is 19.1 Å². The van der Waals surface area contributed by atoms with Crippen LogP contribution in [0.3, 0.4) is 0 Å². The van der Waals surface area contributed by atoms with Crippen LogP contribution < -0.4 is 11.1 Å². The number of carboxylic acid groups (broad SMARTS) is 1. The Morgan fingerprint density at radius 1 is 1.33 bits per heavy atom. The minimum absolute atomic E-state index is 0.0569. The third-order valence-electron chi connectivity index (χ3n) is 2.05. The topological polar surface area (TPSA) is 122 Å². The first-order chi connectivity index (χ1) is 9.64. The van der Waals surface area contributed by atoms with E-state index < -0.39 is 5.97 Å². The summed E-state index contributed by atoms with van der Waals surface area (Å²) in [6.45, 7) is 10.5. The van der Waals surface area contributed by atoms with Crippen LogP contribution in [0.1, 0.15) is 27.7 Å². The summed E-state index contributed by atoms with van der Waals surface area (Å²) in [7, 11) is 0. The Morgan fingerprint density at radius 2 is 1.76 bits per heavy atom. The number of ether oxygens (including phenoxy) is 1. The van der Waals surface area contributed by atoms with Gasteiger partial charge in [0.25, 0.3) is 12.4 Å². The van der Waals surface area contributed by atoms with Gasteiger partial charge in [0.15, 0.2) is 0 Å². The van der Waals surface area contributed by atoms with E-state index in [1.807, 2.05) is 20.8 Å². The number of carbonyl (C=O) groups excluding carboxylic acids is 2. The number of aliphatic carboxylic acids is 1. The van der Waals surface area contributed by atoms with Gasteiger partial charge in [-0.15, -0.1) is 0 Å². The molecule has 8 nitrogen and oxygen atoms in total. The van der Waals surface area contributed by atoms with E-state index in [-0.39, 0.29) is 18.1 Å². The van der Waals surface area contributed by atoms with Gasteiger partial charge in [-0.05, 0) is 20.8 Å². The molecule has 1 saturated heterocycles. The molecule has 4 N–H and O–H groups in total. The van der Waals surface area contributed by atoms with Crippen molar-refractivity contribution < 1.29 is 24.2 Å². The number of piperazine rings is 1. The standard InChI is InChI=1S/C6H13N3O.C5H10O2.C2H4O2/c7-5-6(10)9-3-1-8-2-4-9;1-5(2,3)7-4-6;1-2(3)4/h8H,1-5,7H2;4H,1-3H3;1H3,(H,3,4). The summed E-state index contributed by atoms with van der Waals surface area (Å²) in [5, 5.41) is 10.6. The largest absolute Gasteiger partial charge is 0.481 e. The lowest BCUT2D eigenvalue weighted by Crippen LogP contribution is -2.48. The van der Waals surface area contributed by atoms with Crippen molar-refractivity contribution in [2.24, 2.45) is 5.73 Å². The van der Waals surface area contributed by atoms with Crippen LogP contribution in [0.25, 0.3) is 0 Å². The van der Waals surface area contributed by atoms with Crippen molar-refractivity contribution in [2.45, 2.75) is 33.3 Å². The van der Waals surface area contributed by atoms with Gasteiger partial charge in [0, 0.05) is 33.1 Å². The second kappa shape index (κ2) is 12.1. The van der Waals surface area contributed by atoms with Crippen LogP contribution in [0, 0.1) is 0 Å². The van der Waals surface area contributed by atoms with E-state index >= 15 is 0 Å². The van der Waals surface area contributed by atoms with Gasteiger partial charge in [-0.25, -0.2) is 0 Å². The normalized spacial score (nSPS) is 13.9. The predicted molar refractivity (Wildman–Crippen MR) is 78.7 cm³/mol. The molecule has 1 amide bonds. The zero-order valence-corrected chi connectivity index (χ0v) is 13.2. The van der Waals surface area contributed by atoms with Crippen LogP contribution in [0.2, 0.25) is 0 Å². The van der Waals surface area contributed by atoms with E-state index in [1.54, 1.807) is 4.90 Å². The van der Waals surface area contributed by atoms with Crippen molar-refractivity contribution in [3.63, 3.8) is 0 Å². The molecule has 21 heavy (non-hydrogen) atoms. The second-order valence-electron chi connectivity index (χ2n) is 5.18. The molecular weight excluding hydrogens is 278 g/mol. The molecule has 0 aliphatic carbocycles. The van der Waals surface area contributed by atoms with E-state index in [4.69, 9.17) is 15.6 Å². The number of rotatable bonds is 2. The fraction of sp³-hybridized carbons (Fsp3) is 0.769. The van der Waals surface area contributed by atoms with Gasteiger partial charge in [-0.1, -0.05) is 0 Å². The van der Waals surface area contributed by atoms with Crippen LogP contribution >= 0.6 is 0 Å². The first-order valence-corrected chi connectivity index (χ1v) is 6.63. The molecule has 0 saturated carbocycles. The highest BCUT2D eigenvalue weighted by atomic mass is 16.5. The lowest BCUT2D eigenvalue weighted by molar-refractivity contribution is -0.139. The first kappa shape index (κ1) is 21.6. The number of hydrogen-bond donors (Lipinski definition) is 3. The van der Waals surface area contributed by atoms with Crippen molar-refractivity contribution in [2.75, 3.05) is 32.7 Å². The molecule has 0 radical (unpaired) electrons. The Hall–Kier alpha value is -1.67. The molecule has 1 rings (SSSR count). The van der Waals surface area contributed by atoms with Gasteiger partial charge in [-0.3, -0.25) is 14.4 Å². The molecule has 1 fully saturated rings. The van der Waals surface area contributed by atoms with E-state index in [0.717, 1.165) is 33.1 Å². The van der Waals surface area contributed by atoms with Gasteiger partial charge in [-0.2, -0.15) is 0 Å². The molecule has 0 aromatic rings. The summed E-state index contributed by atoms with van der Waals surface area (Å²) in [5.74, 6) is -0.776. The summed E-state index contributed by atoms with van der Waals surface area (Å²) in [6, 6.07) is 0. The van der Waals surface area contributed by atoms with Crippen molar-refractivity contribution >= 4 is 18.3 Å². The second-order valence-corrected chi connectivity index (χ2v) is 5.18. The molecular formula is C13H27N3O5. The quantitative estimate of drug-likeness (QED) is 0.584. The molecule has 124 valence electrons. The SMILES string of the molecule is CC(=O)O.CC(C)(C)OC=O.NCC(=O)N1CCNCC1. The third kappa shape index (κ3) is 18.3. The highest BCUT2D eigenvalue weighted by Crippen LogP contribution is 2.02. The highest BCUT2D eigenvalue weighted by molar-refractivity contribution is 5.78. The molecule has 1 aliphatic rings. The zero-order chi connectivity index (χ0) is 16.9. The Labute approximate surface area is 125 Å². The fourth-order valence-electron chi connectivity index (χ4n) is 1.19. The van der Waals surface area contributed by atoms with Crippen molar-refractivity contribution in [3.8, 4) is 0 Å². The Bertz CT molecular complexity index is 305. The van der Waals surface area contributed by atoms with Gasteiger partial charge in [0.2, 0.25) is 5.91 Å². The van der Waals surface area contributed by atoms with Gasteiger partial charge in [0.1, 0.15) is 5.60 Å². The summed E-state index contributed by atoms with van der Waals surface area (Å²) in [6.07, 6.45) is 0. The minimum Gasteiger partial charge on any atom is -0.481 e. The molecule has 0 aromatic heterocycles. The minimum atomic E-state index is -0.833. The molecule has 0 aromatic carbocycles. The number of hydrogen-bond acceptors (Lipinski definition) is 6. The molecule has 0 unspecified atom stereocenters. The number of nitrogens with two attached hydrogens (primary N) is 1. The van der Waals surface area contributed by atoms with Crippen LogP contribution in [0.5, 0.6) is 0 Å². The third-order valence-corrected chi connectivity index (χ3v) is 2.05. The van der Waals surface area contributed by atoms with Crippen molar-refractivity contribution in [1.29, 1.82) is 0 Å². The van der Waals surface area contributed by atoms with E-state index in [1.165, 1.54) is 0 Å². The number of amides is 1. The Kier molecular flexibility index (Phi) is 12.5. The molecule has 1 aliphatic heterocycles. The molecule has 8 heteroatoms. The monoisotopic (exact) mass is 305 g/mol. The van der Waals surface area contributed by atoms with Crippen LogP contribution in [0.4, 0.5) is 0 Å². The molecule has 0 bridgehead atoms. The van der Waals surface area contributed by atoms with E-state index in [9.17, 15) is 9.59 Å². The van der Waals surface area contributed by atoms with Crippen LogP contribution in [-0.4, -0.2) is 66.7 Å². The lowest BCUT2D eigenvalue weighted by Gasteiger charge is -2.26. The maximum atomic E-state index is 10.9. The maximum absolute atomic E-state index is 10.9. The summed E-state index contributed by atoms with van der Waals surface area (Å²) in [5.41, 5.74) is 4.87. The number of nitrogens with one attached hydrogen (secondary N) is 1. The number of carboxylic acids is 1. The molecule has 1 heterocycles. The zero-order valence-electron chi connectivity index (χ0n) is 13.2. The summed E-state index contributed by atoms with van der Waals surface area (Å²) < 4.78 is 4.55. The summed E-state index contributed by atoms with van der Waals surface area (Å²) in [4.78, 5) is 31.3. The average molecular weight is 305 g/mol. The smallest absolute Gasteiger partial charge is 0.300 e. The summed E-state index contributed by atoms with van der Waals surface area (Å²) >= 11 is 0. The number of carbonyl (C=O) groups is 3. The van der Waals surface area contributed by atoms with Crippen molar-refractivity contribution in [3.05, 3.63) is 0 Å². The molecule has 0 spiro atoms. The van der Waals surface area contributed by atoms with E-state index in [0.29, 0.717) is 6.47 Å². The fourth-order valence-corrected chi connectivity index (χ4v) is 1.19. The maximum Gasteiger partial charge on any atom is 0.300 e. The first-order valence-electron chi connectivity index (χ1n) is 6.63. The van der Waals surface area contributed by atoms with Crippen molar-refractivity contribution in [1.82, 2.24) is 10.2 Å².